The van der Waals surface area contributed by atoms with Crippen LogP contribution in [0.2, 0.25) is 0 Å². The van der Waals surface area contributed by atoms with Crippen LogP contribution in [0.3, 0.4) is 0 Å². The van der Waals surface area contributed by atoms with Gasteiger partial charge in [0.15, 0.2) is 0 Å². The highest BCUT2D eigenvalue weighted by atomic mass is 14.6. The van der Waals surface area contributed by atoms with Gasteiger partial charge >= 0.3 is 0 Å². The molecule has 0 saturated carbocycles. The van der Waals surface area contributed by atoms with Crippen LogP contribution in [0, 0.1) is 0 Å². The Morgan fingerprint density at radius 1 is 0.426 bits per heavy atom. The van der Waals surface area contributed by atoms with Crippen molar-refractivity contribution in [1.82, 2.24) is 4.98 Å². The van der Waals surface area contributed by atoms with Gasteiger partial charge in [0.1, 0.15) is 0 Å². The maximum absolute atomic E-state index is 4.68. The fraction of sp³-hybridized carbons (Fsp3) is 0.0217. The smallest absolute Gasteiger partial charge is 0.0353 e. The van der Waals surface area contributed by atoms with E-state index in [0.717, 1.165) is 16.5 Å². The monoisotopic (exact) mass is 597 g/mol. The first kappa shape index (κ1) is 27.3. The molecule has 0 bridgehead atoms. The number of nitrogens with zero attached hydrogens (tertiary/aromatic N) is 1. The SMILES string of the molecule is C=C1c2ccc3ccccc3c2C(c2ccccc2)=CC1c1ccc(-c2ccc(-c3cncc4ccccc34)c3ccccc23)cc1. The molecule has 0 radical (unpaired) electrons. The average Bonchev–Trinajstić information content (AvgIpc) is 3.15. The van der Waals surface area contributed by atoms with Gasteiger partial charge in [-0.25, -0.2) is 0 Å². The van der Waals surface area contributed by atoms with Crippen molar-refractivity contribution >= 4 is 43.5 Å². The van der Waals surface area contributed by atoms with Crippen LogP contribution in [-0.4, -0.2) is 4.98 Å². The molecule has 0 amide bonds. The van der Waals surface area contributed by atoms with Gasteiger partial charge in [-0.15, -0.1) is 0 Å². The highest BCUT2D eigenvalue weighted by Crippen LogP contribution is 2.47. The highest BCUT2D eigenvalue weighted by Gasteiger charge is 2.27. The molecule has 1 atom stereocenters. The van der Waals surface area contributed by atoms with Crippen LogP contribution in [0.4, 0.5) is 0 Å². The third kappa shape index (κ3) is 4.51. The molecule has 0 N–H and O–H groups in total. The predicted octanol–water partition coefficient (Wildman–Crippen LogP) is 12.1. The van der Waals surface area contributed by atoms with E-state index in [1.54, 1.807) is 0 Å². The number of aromatic nitrogens is 1. The van der Waals surface area contributed by atoms with Gasteiger partial charge in [0.25, 0.3) is 0 Å². The van der Waals surface area contributed by atoms with Gasteiger partial charge in [0.2, 0.25) is 0 Å². The summed E-state index contributed by atoms with van der Waals surface area (Å²) >= 11 is 0. The van der Waals surface area contributed by atoms with Crippen molar-refractivity contribution in [3.8, 4) is 22.3 Å². The van der Waals surface area contributed by atoms with Crippen LogP contribution in [0.1, 0.15) is 28.2 Å². The van der Waals surface area contributed by atoms with Crippen molar-refractivity contribution in [2.24, 2.45) is 0 Å². The zero-order valence-electron chi connectivity index (χ0n) is 25.9. The van der Waals surface area contributed by atoms with Gasteiger partial charge in [-0.05, 0) is 77.0 Å². The second kappa shape index (κ2) is 11.1. The lowest BCUT2D eigenvalue weighted by Gasteiger charge is -2.29. The van der Waals surface area contributed by atoms with E-state index < -0.39 is 0 Å². The molecule has 0 saturated heterocycles. The van der Waals surface area contributed by atoms with Crippen molar-refractivity contribution in [2.45, 2.75) is 5.92 Å². The Kier molecular flexibility index (Phi) is 6.43. The van der Waals surface area contributed by atoms with Crippen LogP contribution < -0.4 is 0 Å². The van der Waals surface area contributed by atoms with E-state index in [9.17, 15) is 0 Å². The fourth-order valence-corrected chi connectivity index (χ4v) is 7.49. The van der Waals surface area contributed by atoms with Gasteiger partial charge in [-0.3, -0.25) is 4.98 Å². The zero-order valence-corrected chi connectivity index (χ0v) is 25.9. The molecule has 0 spiro atoms. The molecular formula is C46H31N. The highest BCUT2D eigenvalue weighted by molar-refractivity contribution is 6.09. The minimum absolute atomic E-state index is 0.0749. The first-order valence-electron chi connectivity index (χ1n) is 16.2. The summed E-state index contributed by atoms with van der Waals surface area (Å²) in [6, 6.07) is 54.8. The largest absolute Gasteiger partial charge is 0.263 e. The molecule has 0 aliphatic heterocycles. The summed E-state index contributed by atoms with van der Waals surface area (Å²) in [6.07, 6.45) is 6.36. The lowest BCUT2D eigenvalue weighted by Crippen LogP contribution is -2.09. The van der Waals surface area contributed by atoms with Crippen LogP contribution in [0.15, 0.2) is 177 Å². The number of fused-ring (bicyclic) bond motifs is 5. The summed E-state index contributed by atoms with van der Waals surface area (Å²) in [6.45, 7) is 4.68. The Morgan fingerprint density at radius 3 is 1.83 bits per heavy atom. The number of rotatable bonds is 4. The zero-order chi connectivity index (χ0) is 31.3. The van der Waals surface area contributed by atoms with Gasteiger partial charge in [-0.2, -0.15) is 0 Å². The second-order valence-electron chi connectivity index (χ2n) is 12.4. The van der Waals surface area contributed by atoms with Gasteiger partial charge in [0, 0.05) is 29.3 Å². The summed E-state index contributed by atoms with van der Waals surface area (Å²) in [5.41, 5.74) is 12.2. The van der Waals surface area contributed by atoms with Crippen molar-refractivity contribution < 1.29 is 0 Å². The van der Waals surface area contributed by atoms with Crippen LogP contribution in [-0.2, 0) is 0 Å². The molecule has 7 aromatic carbocycles. The maximum atomic E-state index is 4.68. The average molecular weight is 598 g/mol. The molecule has 1 heteroatoms. The topological polar surface area (TPSA) is 12.9 Å². The van der Waals surface area contributed by atoms with Crippen LogP contribution in [0.5, 0.6) is 0 Å². The maximum Gasteiger partial charge on any atom is 0.0353 e. The summed E-state index contributed by atoms with van der Waals surface area (Å²) in [7, 11) is 0. The van der Waals surface area contributed by atoms with E-state index in [4.69, 9.17) is 0 Å². The normalized spacial score (nSPS) is 14.3. The Hall–Kier alpha value is -6.05. The van der Waals surface area contributed by atoms with E-state index in [-0.39, 0.29) is 5.92 Å². The Morgan fingerprint density at radius 2 is 1.04 bits per heavy atom. The van der Waals surface area contributed by atoms with E-state index in [2.05, 4.69) is 169 Å². The van der Waals surface area contributed by atoms with E-state index in [1.807, 2.05) is 12.4 Å². The first-order valence-corrected chi connectivity index (χ1v) is 16.2. The minimum atomic E-state index is 0.0749. The minimum Gasteiger partial charge on any atom is -0.263 e. The summed E-state index contributed by atoms with van der Waals surface area (Å²) in [4.78, 5) is 4.58. The van der Waals surface area contributed by atoms with Crippen LogP contribution in [0.25, 0.3) is 65.7 Å². The van der Waals surface area contributed by atoms with E-state index in [0.29, 0.717) is 0 Å². The molecular weight excluding hydrogens is 567 g/mol. The van der Waals surface area contributed by atoms with Crippen molar-refractivity contribution in [1.29, 1.82) is 0 Å². The number of pyridine rings is 1. The molecule has 0 fully saturated rings. The molecule has 1 aliphatic carbocycles. The summed E-state index contributed by atoms with van der Waals surface area (Å²) in [5, 5.41) is 7.35. The van der Waals surface area contributed by atoms with Crippen LogP contribution >= 0.6 is 0 Å². The van der Waals surface area contributed by atoms with E-state index >= 15 is 0 Å². The molecule has 1 heterocycles. The number of benzene rings is 7. The third-order valence-electron chi connectivity index (χ3n) is 9.80. The molecule has 1 aromatic heterocycles. The van der Waals surface area contributed by atoms with Gasteiger partial charge < -0.3 is 0 Å². The first-order chi connectivity index (χ1) is 23.2. The molecule has 47 heavy (non-hydrogen) atoms. The van der Waals surface area contributed by atoms with Crippen molar-refractivity contribution in [2.75, 3.05) is 0 Å². The Bertz CT molecular complexity index is 2510. The fourth-order valence-electron chi connectivity index (χ4n) is 7.49. The lowest BCUT2D eigenvalue weighted by molar-refractivity contribution is 1.09. The number of hydrogen-bond donors (Lipinski definition) is 0. The standard InChI is InChI=1S/C46H31N/c1-30-36-24-23-32-13-5-8-16-39(32)46(36)44(31-11-3-2-4-12-31)27-43(30)34-21-19-33(20-22-34)38-25-26-42(41-18-10-9-17-40(38)41)45-29-47-28-35-14-6-7-15-37(35)45/h2-29,43H,1H2. The lowest BCUT2D eigenvalue weighted by atomic mass is 9.75. The van der Waals surface area contributed by atoms with Crippen molar-refractivity contribution in [3.63, 3.8) is 0 Å². The van der Waals surface area contributed by atoms with Gasteiger partial charge in [-0.1, -0.05) is 164 Å². The third-order valence-corrected chi connectivity index (χ3v) is 9.80. The Balaban J connectivity index is 1.14. The summed E-state index contributed by atoms with van der Waals surface area (Å²) in [5.74, 6) is 0.0749. The number of hydrogen-bond acceptors (Lipinski definition) is 1. The molecule has 8 aromatic rings. The van der Waals surface area contributed by atoms with Crippen molar-refractivity contribution in [3.05, 3.63) is 199 Å². The molecule has 1 aliphatic rings. The quantitative estimate of drug-likeness (QED) is 0.197. The predicted molar refractivity (Wildman–Crippen MR) is 199 cm³/mol. The van der Waals surface area contributed by atoms with Gasteiger partial charge in [0.05, 0.1) is 0 Å². The molecule has 9 rings (SSSR count). The molecule has 1 nitrogen and oxygen atoms in total. The molecule has 1 unspecified atom stereocenters. The Labute approximate surface area is 274 Å². The van der Waals surface area contributed by atoms with E-state index in [1.165, 1.54) is 71.4 Å². The molecule has 220 valence electrons. The second-order valence-corrected chi connectivity index (χ2v) is 12.4. The summed E-state index contributed by atoms with van der Waals surface area (Å²) < 4.78 is 0. The number of allylic oxidation sites excluding steroid dienone is 2.